The van der Waals surface area contributed by atoms with Gasteiger partial charge in [0.1, 0.15) is 79.3 Å². The molecule has 0 aliphatic rings. The third-order valence-electron chi connectivity index (χ3n) is 16.6. The Morgan fingerprint density at radius 1 is 0.402 bits per heavy atom. The molecule has 0 atom stereocenters. The topological polar surface area (TPSA) is 390 Å². The molecule has 0 radical (unpaired) electrons. The van der Waals surface area contributed by atoms with E-state index >= 15 is 0 Å². The molecule has 5 aromatic carbocycles. The first-order valence-corrected chi connectivity index (χ1v) is 37.4. The fraction of sp³-hybridized carbons (Fsp3) is 0.134. The smallest absolute Gasteiger partial charge is 0.870 e. The second-order valence-corrected chi connectivity index (χ2v) is 27.9. The summed E-state index contributed by atoms with van der Waals surface area (Å²) in [5, 5.41) is 44.5. The van der Waals surface area contributed by atoms with E-state index < -0.39 is 11.2 Å². The molecular weight excluding hydrogens is 1610 g/mol. The molecule has 2 amide bonds. The largest absolute Gasteiger partial charge is 1.00 e. The van der Waals surface area contributed by atoms with Crippen LogP contribution in [0.15, 0.2) is 225 Å². The molecule has 28 nitrogen and oxygen atoms in total. The van der Waals surface area contributed by atoms with Gasteiger partial charge >= 0.3 is 30.8 Å². The van der Waals surface area contributed by atoms with E-state index in [9.17, 15) is 24.0 Å². The first kappa shape index (κ1) is 88.6. The van der Waals surface area contributed by atoms with Crippen molar-refractivity contribution in [2.75, 3.05) is 23.0 Å². The minimum Gasteiger partial charge on any atom is -0.870 e. The number of aromatic carboxylic acids is 1. The number of nitrogens with one attached hydrogen (secondary N) is 2. The molecule has 0 unspecified atom stereocenters. The summed E-state index contributed by atoms with van der Waals surface area (Å²) in [4.78, 5) is 92.3. The van der Waals surface area contributed by atoms with Crippen molar-refractivity contribution in [3.05, 3.63) is 279 Å². The van der Waals surface area contributed by atoms with Gasteiger partial charge in [-0.3, -0.25) is 14.4 Å². The van der Waals surface area contributed by atoms with Crippen LogP contribution in [0.4, 0.5) is 17.5 Å². The molecule has 0 fully saturated rings. The summed E-state index contributed by atoms with van der Waals surface area (Å²) < 4.78 is 10.7. The van der Waals surface area contributed by atoms with Crippen LogP contribution in [0.1, 0.15) is 118 Å². The molecule has 16 rings (SSSR count). The Hall–Kier alpha value is -12.3. The number of carbonyl (C=O) groups excluding carboxylic acids is 4. The van der Waals surface area contributed by atoms with Gasteiger partial charge in [-0.05, 0) is 218 Å². The van der Waals surface area contributed by atoms with E-state index in [0.717, 1.165) is 38.4 Å². The quantitative estimate of drug-likeness (QED) is 0.0340. The SMILES string of the molecule is CC(C)n1cnnc1-c1cccc(N)n1.CC(C)n1cnnc1-c1cccc(NC(=O)c2ccc3ccc(Cl)nc3c2)n1.CC(C)n1cnnc1-c1cccc(NC(=O)c2ccc3ccc(Cl)nc3c2)n1.CCOC(=O)c1ccc2ccc(Cl)nc2c1.O=C(Cl)c1ccc2ccc(Cl)nc2c1.O=C(O)c1ccc2ccc(Cl)nc2c1.[Li+].[OH-]. The number of nitrogens with two attached hydrogens (primary N) is 1. The Morgan fingerprint density at radius 3 is 1.02 bits per heavy atom. The third-order valence-corrected chi connectivity index (χ3v) is 17.9. The van der Waals surface area contributed by atoms with Gasteiger partial charge in [0.2, 0.25) is 0 Å². The van der Waals surface area contributed by atoms with E-state index in [4.69, 9.17) is 85.2 Å². The number of rotatable bonds is 14. The zero-order valence-corrected chi connectivity index (χ0v) is 68.1. The van der Waals surface area contributed by atoms with Crippen LogP contribution in [-0.4, -0.2) is 130 Å². The van der Waals surface area contributed by atoms with Crippen LogP contribution < -0.4 is 35.2 Å². The number of carbonyl (C=O) groups is 5. The number of nitrogens with zero attached hydrogens (tertiary/aromatic N) is 17. The van der Waals surface area contributed by atoms with Gasteiger partial charge in [-0.1, -0.05) is 107 Å². The molecule has 0 aliphatic heterocycles. The monoisotopic (exact) mass is 1680 g/mol. The van der Waals surface area contributed by atoms with E-state index in [0.29, 0.717) is 129 Å². The van der Waals surface area contributed by atoms with Crippen molar-refractivity contribution in [3.8, 4) is 34.6 Å². The Balaban J connectivity index is 0.000000164. The van der Waals surface area contributed by atoms with Gasteiger partial charge in [-0.15, -0.1) is 30.6 Å². The number of pyridine rings is 8. The minimum atomic E-state index is -0.964. The average molecular weight is 1680 g/mol. The van der Waals surface area contributed by atoms with Gasteiger partial charge < -0.3 is 45.4 Å². The molecule has 35 heteroatoms. The van der Waals surface area contributed by atoms with Crippen LogP contribution in [0.5, 0.6) is 0 Å². The van der Waals surface area contributed by atoms with Gasteiger partial charge in [0.05, 0.1) is 45.3 Å². The predicted molar refractivity (Wildman–Crippen MR) is 450 cm³/mol. The summed E-state index contributed by atoms with van der Waals surface area (Å²) in [6.45, 7) is 14.4. The number of carboxylic acids is 1. The van der Waals surface area contributed by atoms with E-state index in [1.54, 1.807) is 147 Å². The number of hydrogen-bond acceptors (Lipinski definition) is 22. The number of halogens is 6. The normalized spacial score (nSPS) is 10.6. The molecule has 117 heavy (non-hydrogen) atoms. The summed E-state index contributed by atoms with van der Waals surface area (Å²) in [5.41, 5.74) is 13.0. The number of anilines is 3. The summed E-state index contributed by atoms with van der Waals surface area (Å²) in [6.07, 6.45) is 5.03. The van der Waals surface area contributed by atoms with Crippen LogP contribution in [0, 0.1) is 0 Å². The molecule has 0 aliphatic carbocycles. The minimum absolute atomic E-state index is 0. The number of fused-ring (bicyclic) bond motifs is 5. The van der Waals surface area contributed by atoms with Crippen molar-refractivity contribution >= 4 is 171 Å². The number of amides is 2. The van der Waals surface area contributed by atoms with E-state index in [1.165, 1.54) is 6.07 Å². The van der Waals surface area contributed by atoms with Crippen molar-refractivity contribution < 1.29 is 58.2 Å². The van der Waals surface area contributed by atoms with Crippen LogP contribution in [-0.2, 0) is 4.74 Å². The molecule has 16 aromatic rings. The molecule has 0 spiro atoms. The van der Waals surface area contributed by atoms with E-state index in [2.05, 4.69) is 94.9 Å². The zero-order chi connectivity index (χ0) is 82.0. The number of esters is 1. The fourth-order valence-electron chi connectivity index (χ4n) is 11.0. The van der Waals surface area contributed by atoms with Gasteiger partial charge in [0.25, 0.3) is 17.1 Å². The van der Waals surface area contributed by atoms with Crippen LogP contribution >= 0.6 is 69.6 Å². The van der Waals surface area contributed by atoms with E-state index in [1.807, 2.05) is 120 Å². The second kappa shape index (κ2) is 41.3. The zero-order valence-electron chi connectivity index (χ0n) is 63.6. The van der Waals surface area contributed by atoms with Crippen LogP contribution in [0.2, 0.25) is 25.8 Å². The predicted octanol–water partition coefficient (Wildman–Crippen LogP) is 16.0. The average Bonchev–Trinajstić information content (AvgIpc) is 1.79. The number of ether oxygens (including phenoxy) is 1. The van der Waals surface area contributed by atoms with Crippen molar-refractivity contribution in [1.82, 2.24) is 84.2 Å². The first-order chi connectivity index (χ1) is 55.2. The third kappa shape index (κ3) is 23.7. The number of hydrogen-bond donors (Lipinski definition) is 4. The summed E-state index contributed by atoms with van der Waals surface area (Å²) in [7, 11) is 0. The number of carboxylic acid groups (broad SMARTS) is 1. The van der Waals surface area contributed by atoms with Crippen molar-refractivity contribution in [3.63, 3.8) is 0 Å². The number of nitrogen functional groups attached to an aromatic ring is 1. The van der Waals surface area contributed by atoms with Crippen molar-refractivity contribution in [2.45, 2.75) is 66.6 Å². The molecule has 11 heterocycles. The molecule has 588 valence electrons. The Bertz CT molecular complexity index is 5980. The Labute approximate surface area is 710 Å². The maximum atomic E-state index is 12.7. The standard InChI is InChI=1S/2C20H17ClN6O.C12H10ClNO2.C10H5Cl2NO.C10H6ClNO2.C10H13N5.Li.H2O/c2*1-12(2)27-11-22-26-19(27)15-4-3-5-18(24-15)25-20(28)14-7-6-13-8-9-17(21)23-16(13)10-14;1-2-16-12(15)9-4-3-8-5-6-11(13)14-10(8)7-9;11-9-4-3-6-1-2-7(10(12)14)5-8(6)13-9;11-9-4-3-6-1-2-7(10(13)14)5-8(6)12-9;1-7(2)15-6-12-14-10(15)8-4-3-5-9(11)13-8;;/h2*3-12H,1-2H3,(H,24,25,28);3-7H,2H2,1H3;1-5H;1-5H,(H,13,14);3-7H,1-2H3,(H2,11,13);;1H2/q;;;;;;+1;/p-1. The molecule has 6 N–H and O–H groups in total. The van der Waals surface area contributed by atoms with Gasteiger partial charge in [-0.2, -0.15) is 0 Å². The molecule has 0 bridgehead atoms. The molecule has 0 saturated carbocycles. The molecular formula is C82H69Cl6LiN20O8. The van der Waals surface area contributed by atoms with Crippen LogP contribution in [0.25, 0.3) is 89.1 Å². The van der Waals surface area contributed by atoms with Gasteiger partial charge in [0.15, 0.2) is 17.5 Å². The first-order valence-electron chi connectivity index (χ1n) is 35.1. The fourth-order valence-corrected chi connectivity index (χ4v) is 11.9. The number of aromatic nitrogens is 17. The molecule has 11 aromatic heterocycles. The Kier molecular flexibility index (Phi) is 31.3. The Morgan fingerprint density at radius 2 is 0.692 bits per heavy atom. The summed E-state index contributed by atoms with van der Waals surface area (Å²) in [5.74, 6) is 1.53. The van der Waals surface area contributed by atoms with Crippen LogP contribution in [0.3, 0.4) is 0 Å². The van der Waals surface area contributed by atoms with Gasteiger partial charge in [0, 0.05) is 61.7 Å². The van der Waals surface area contributed by atoms with Crippen molar-refractivity contribution in [1.29, 1.82) is 0 Å². The van der Waals surface area contributed by atoms with Crippen molar-refractivity contribution in [2.24, 2.45) is 0 Å². The van der Waals surface area contributed by atoms with E-state index in [-0.39, 0.29) is 59.8 Å². The molecule has 0 saturated heterocycles. The summed E-state index contributed by atoms with van der Waals surface area (Å²) in [6, 6.07) is 60.3. The van der Waals surface area contributed by atoms with Gasteiger partial charge in [-0.25, -0.2) is 49.5 Å². The number of benzene rings is 5. The summed E-state index contributed by atoms with van der Waals surface area (Å²) >= 11 is 34.4. The second-order valence-electron chi connectivity index (χ2n) is 25.6. The maximum Gasteiger partial charge on any atom is 1.00 e. The maximum absolute atomic E-state index is 12.7.